The predicted molar refractivity (Wildman–Crippen MR) is 120 cm³/mol. The molecule has 2 aromatic rings. The Morgan fingerprint density at radius 2 is 1.75 bits per heavy atom. The van der Waals surface area contributed by atoms with Gasteiger partial charge in [0.1, 0.15) is 5.69 Å². The monoisotopic (exact) mass is 470 g/mol. The molecule has 0 fully saturated rings. The van der Waals surface area contributed by atoms with E-state index in [0.717, 1.165) is 36.4 Å². The number of nitrogens with one attached hydrogen (secondary N) is 2. The fourth-order valence-corrected chi connectivity index (χ4v) is 3.95. The van der Waals surface area contributed by atoms with Crippen molar-refractivity contribution >= 4 is 28.3 Å². The number of hydrogen-bond acceptors (Lipinski definition) is 5. The maximum atomic E-state index is 12.8. The van der Waals surface area contributed by atoms with Crippen LogP contribution in [-0.4, -0.2) is 46.4 Å². The van der Waals surface area contributed by atoms with E-state index in [0.29, 0.717) is 12.1 Å². The molecule has 0 aliphatic carbocycles. The van der Waals surface area contributed by atoms with Crippen molar-refractivity contribution in [2.45, 2.75) is 65.3 Å². The van der Waals surface area contributed by atoms with Gasteiger partial charge >= 0.3 is 6.18 Å². The van der Waals surface area contributed by atoms with E-state index in [4.69, 9.17) is 0 Å². The summed E-state index contributed by atoms with van der Waals surface area (Å²) in [6.07, 6.45) is -3.77. The van der Waals surface area contributed by atoms with Gasteiger partial charge in [0.2, 0.25) is 0 Å². The fraction of sp³-hybridized carbons (Fsp3) is 0.500. The fourth-order valence-electron chi connectivity index (χ4n) is 3.27. The summed E-state index contributed by atoms with van der Waals surface area (Å²) in [7, 11) is 0. The molecule has 0 aliphatic rings. The van der Waals surface area contributed by atoms with Gasteiger partial charge in [-0.2, -0.15) is 13.2 Å². The third-order valence-electron chi connectivity index (χ3n) is 4.93. The van der Waals surface area contributed by atoms with E-state index >= 15 is 0 Å². The van der Waals surface area contributed by atoms with Gasteiger partial charge in [-0.1, -0.05) is 6.07 Å². The lowest BCUT2D eigenvalue weighted by molar-refractivity contribution is -0.137. The molecule has 176 valence electrons. The van der Waals surface area contributed by atoms with E-state index in [-0.39, 0.29) is 28.3 Å². The third-order valence-corrected chi connectivity index (χ3v) is 5.69. The van der Waals surface area contributed by atoms with Gasteiger partial charge in [-0.05, 0) is 59.2 Å². The predicted octanol–water partition coefficient (Wildman–Crippen LogP) is 5.04. The van der Waals surface area contributed by atoms with Gasteiger partial charge in [-0.15, -0.1) is 11.3 Å². The number of benzene rings is 1. The maximum absolute atomic E-state index is 12.8. The number of thiazole rings is 1. The normalized spacial score (nSPS) is 13.0. The zero-order chi connectivity index (χ0) is 24.1. The first kappa shape index (κ1) is 25.8. The summed E-state index contributed by atoms with van der Waals surface area (Å²) in [5.41, 5.74) is -0.910. The Hall–Kier alpha value is -2.46. The van der Waals surface area contributed by atoms with Crippen LogP contribution in [0.1, 0.15) is 67.4 Å². The Morgan fingerprint density at radius 1 is 1.09 bits per heavy atom. The molecule has 0 saturated carbocycles. The summed E-state index contributed by atoms with van der Waals surface area (Å²) in [6.45, 7) is 11.3. The molecule has 2 amide bonds. The van der Waals surface area contributed by atoms with Crippen LogP contribution < -0.4 is 10.6 Å². The lowest BCUT2D eigenvalue weighted by Crippen LogP contribution is -2.41. The number of amides is 2. The first-order valence-corrected chi connectivity index (χ1v) is 11.3. The molecule has 2 rings (SSSR count). The zero-order valence-corrected chi connectivity index (χ0v) is 19.6. The van der Waals surface area contributed by atoms with E-state index in [1.807, 2.05) is 6.92 Å². The Balaban J connectivity index is 1.94. The van der Waals surface area contributed by atoms with Crippen molar-refractivity contribution in [2.24, 2.45) is 0 Å². The van der Waals surface area contributed by atoms with Gasteiger partial charge in [0.15, 0.2) is 5.13 Å². The van der Waals surface area contributed by atoms with Crippen LogP contribution in [0.5, 0.6) is 0 Å². The van der Waals surface area contributed by atoms with Gasteiger partial charge in [-0.3, -0.25) is 19.8 Å². The molecule has 6 nitrogen and oxygen atoms in total. The summed E-state index contributed by atoms with van der Waals surface area (Å²) in [5.74, 6) is -1.10. The highest BCUT2D eigenvalue weighted by Gasteiger charge is 2.31. The number of aromatic nitrogens is 1. The highest BCUT2D eigenvalue weighted by Crippen LogP contribution is 2.29. The van der Waals surface area contributed by atoms with Crippen molar-refractivity contribution in [2.75, 3.05) is 11.9 Å². The second kappa shape index (κ2) is 10.9. The van der Waals surface area contributed by atoms with Crippen LogP contribution >= 0.6 is 11.3 Å². The van der Waals surface area contributed by atoms with Crippen LogP contribution in [-0.2, 0) is 6.18 Å². The SMILES string of the molecule is CC(CCN(C(C)C)C(C)C)NC(=O)c1csc(NC(=O)c2cccc(C(F)(F)F)c2)n1. The van der Waals surface area contributed by atoms with Gasteiger partial charge < -0.3 is 5.32 Å². The van der Waals surface area contributed by atoms with Crippen molar-refractivity contribution in [1.29, 1.82) is 0 Å². The van der Waals surface area contributed by atoms with Crippen molar-refractivity contribution in [3.8, 4) is 0 Å². The maximum Gasteiger partial charge on any atom is 0.416 e. The molecular weight excluding hydrogens is 441 g/mol. The number of carbonyl (C=O) groups excluding carboxylic acids is 2. The minimum atomic E-state index is -4.54. The first-order chi connectivity index (χ1) is 14.9. The van der Waals surface area contributed by atoms with Gasteiger partial charge in [0, 0.05) is 35.6 Å². The third kappa shape index (κ3) is 7.30. The van der Waals surface area contributed by atoms with Crippen LogP contribution in [0.2, 0.25) is 0 Å². The molecule has 1 aromatic carbocycles. The number of alkyl halides is 3. The van der Waals surface area contributed by atoms with Gasteiger partial charge in [0.05, 0.1) is 5.56 Å². The molecule has 1 aromatic heterocycles. The van der Waals surface area contributed by atoms with Gasteiger partial charge in [0.25, 0.3) is 11.8 Å². The van der Waals surface area contributed by atoms with Crippen LogP contribution in [0.4, 0.5) is 18.3 Å². The van der Waals surface area contributed by atoms with Crippen molar-refractivity contribution in [1.82, 2.24) is 15.2 Å². The molecule has 10 heteroatoms. The molecule has 0 aliphatic heterocycles. The number of halogens is 3. The minimum Gasteiger partial charge on any atom is -0.348 e. The highest BCUT2D eigenvalue weighted by molar-refractivity contribution is 7.14. The first-order valence-electron chi connectivity index (χ1n) is 10.4. The summed E-state index contributed by atoms with van der Waals surface area (Å²) in [5, 5.41) is 6.97. The summed E-state index contributed by atoms with van der Waals surface area (Å²) in [4.78, 5) is 31.2. The van der Waals surface area contributed by atoms with E-state index in [1.165, 1.54) is 17.5 Å². The smallest absolute Gasteiger partial charge is 0.348 e. The van der Waals surface area contributed by atoms with Crippen LogP contribution in [0.15, 0.2) is 29.6 Å². The highest BCUT2D eigenvalue weighted by atomic mass is 32.1. The molecule has 32 heavy (non-hydrogen) atoms. The quantitative estimate of drug-likeness (QED) is 0.538. The minimum absolute atomic E-state index is 0.0765. The van der Waals surface area contributed by atoms with Crippen molar-refractivity contribution in [3.05, 3.63) is 46.5 Å². The number of carbonyl (C=O) groups is 2. The Kier molecular flexibility index (Phi) is 8.80. The number of hydrogen-bond donors (Lipinski definition) is 2. The second-order valence-corrected chi connectivity index (χ2v) is 9.02. The Bertz CT molecular complexity index is 920. The standard InChI is InChI=1S/C22H29F3N4O2S/c1-13(2)29(14(3)4)10-9-15(5)26-20(31)18-12-32-21(27-18)28-19(30)16-7-6-8-17(11-16)22(23,24)25/h6-8,11-15H,9-10H2,1-5H3,(H,26,31)(H,27,28,30). The van der Waals surface area contributed by atoms with Crippen molar-refractivity contribution < 1.29 is 22.8 Å². The zero-order valence-electron chi connectivity index (χ0n) is 18.8. The average Bonchev–Trinajstić information content (AvgIpc) is 3.15. The summed E-state index contributed by atoms with van der Waals surface area (Å²) in [6, 6.07) is 4.84. The van der Waals surface area contributed by atoms with Crippen molar-refractivity contribution in [3.63, 3.8) is 0 Å². The summed E-state index contributed by atoms with van der Waals surface area (Å²) >= 11 is 1.03. The van der Waals surface area contributed by atoms with E-state index < -0.39 is 17.6 Å². The molecule has 1 atom stereocenters. The summed E-state index contributed by atoms with van der Waals surface area (Å²) < 4.78 is 38.5. The molecule has 0 saturated heterocycles. The van der Waals surface area contributed by atoms with E-state index in [9.17, 15) is 22.8 Å². The molecule has 0 spiro atoms. The second-order valence-electron chi connectivity index (χ2n) is 8.16. The Labute approximate surface area is 190 Å². The number of nitrogens with zero attached hydrogens (tertiary/aromatic N) is 2. The lowest BCUT2D eigenvalue weighted by Gasteiger charge is -2.31. The van der Waals surface area contributed by atoms with Crippen LogP contribution in [0.3, 0.4) is 0 Å². The molecule has 2 N–H and O–H groups in total. The van der Waals surface area contributed by atoms with Crippen LogP contribution in [0.25, 0.3) is 0 Å². The van der Waals surface area contributed by atoms with E-state index in [1.54, 1.807) is 0 Å². The molecule has 1 unspecified atom stereocenters. The molecular formula is C22H29F3N4O2S. The molecule has 0 bridgehead atoms. The molecule has 1 heterocycles. The largest absolute Gasteiger partial charge is 0.416 e. The average molecular weight is 471 g/mol. The van der Waals surface area contributed by atoms with Gasteiger partial charge in [-0.25, -0.2) is 4.98 Å². The number of anilines is 1. The topological polar surface area (TPSA) is 74.3 Å². The Morgan fingerprint density at radius 3 is 2.34 bits per heavy atom. The number of rotatable bonds is 9. The lowest BCUT2D eigenvalue weighted by atomic mass is 10.1. The van der Waals surface area contributed by atoms with E-state index in [2.05, 4.69) is 48.2 Å². The van der Waals surface area contributed by atoms with Crippen LogP contribution in [0, 0.1) is 0 Å². The molecule has 0 radical (unpaired) electrons.